The molecular weight excluding hydrogens is 583 g/mol. The summed E-state index contributed by atoms with van der Waals surface area (Å²) >= 11 is -5.31. The number of hydrogen-bond donors (Lipinski definition) is 0. The van der Waals surface area contributed by atoms with Crippen LogP contribution in [0, 0.1) is 17.5 Å². The molecule has 180 valence electrons. The van der Waals surface area contributed by atoms with E-state index in [1.54, 1.807) is 0 Å². The molecule has 3 aromatic rings. The van der Waals surface area contributed by atoms with Crippen LogP contribution >= 0.6 is 0 Å². The molecule has 16 heteroatoms. The van der Waals surface area contributed by atoms with Gasteiger partial charge in [-0.25, -0.2) is 0 Å². The molecule has 0 aliphatic carbocycles. The Morgan fingerprint density at radius 3 is 0.853 bits per heavy atom. The summed E-state index contributed by atoms with van der Waals surface area (Å²) in [6, 6.07) is 9.32. The van der Waals surface area contributed by atoms with Gasteiger partial charge < -0.3 is 0 Å². The topological polar surface area (TPSA) is 130 Å². The number of hydrogen-bond acceptors (Lipinski definition) is 9. The fourth-order valence-corrected chi connectivity index (χ4v) is 12.9. The predicted molar refractivity (Wildman–Crippen MR) is 110 cm³/mol. The molecule has 0 spiro atoms. The van der Waals surface area contributed by atoms with Crippen LogP contribution < -0.4 is 0 Å². The molecule has 3 rings (SSSR count). The quantitative estimate of drug-likeness (QED) is 0.343. The van der Waals surface area contributed by atoms with Crippen LogP contribution in [0.15, 0.2) is 87.5 Å². The first-order valence-electron chi connectivity index (χ1n) is 8.85. The van der Waals surface area contributed by atoms with Gasteiger partial charge >= 0.3 is 200 Å². The molecular formula is C18H12F3GaO9S3. The SMILES string of the molecule is O=S(=O)([O][Ga]([O]S(=O)(=O)c1ccc(F)cc1)[O]S(=O)(=O)c1ccc(F)cc1)c1ccc(F)cc1. The molecule has 0 aliphatic rings. The average Bonchev–Trinajstić information content (AvgIpc) is 2.73. The van der Waals surface area contributed by atoms with Gasteiger partial charge in [0, 0.05) is 0 Å². The Morgan fingerprint density at radius 1 is 0.441 bits per heavy atom. The van der Waals surface area contributed by atoms with Gasteiger partial charge in [0.1, 0.15) is 0 Å². The Kier molecular flexibility index (Phi) is 7.93. The predicted octanol–water partition coefficient (Wildman–Crippen LogP) is 2.61. The maximum atomic E-state index is 13.1. The molecule has 0 saturated heterocycles. The fourth-order valence-electron chi connectivity index (χ4n) is 2.33. The molecule has 0 aromatic heterocycles. The van der Waals surface area contributed by atoms with E-state index in [1.165, 1.54) is 0 Å². The van der Waals surface area contributed by atoms with Crippen LogP contribution in [0.4, 0.5) is 13.2 Å². The van der Waals surface area contributed by atoms with Gasteiger partial charge in [0.25, 0.3) is 0 Å². The normalized spacial score (nSPS) is 12.4. The van der Waals surface area contributed by atoms with E-state index in [4.69, 9.17) is 8.93 Å². The van der Waals surface area contributed by atoms with E-state index < -0.39 is 79.8 Å². The Hall–Kier alpha value is -2.18. The Balaban J connectivity index is 1.97. The van der Waals surface area contributed by atoms with Crippen molar-refractivity contribution in [1.82, 2.24) is 0 Å². The van der Waals surface area contributed by atoms with E-state index in [2.05, 4.69) is 0 Å². The van der Waals surface area contributed by atoms with Gasteiger partial charge in [-0.05, 0) is 0 Å². The first-order valence-corrected chi connectivity index (χ1v) is 16.0. The van der Waals surface area contributed by atoms with E-state index in [0.29, 0.717) is 0 Å². The van der Waals surface area contributed by atoms with Crippen molar-refractivity contribution in [2.45, 2.75) is 14.7 Å². The third-order valence-electron chi connectivity index (χ3n) is 3.92. The molecule has 0 bridgehead atoms. The van der Waals surface area contributed by atoms with Crippen LogP contribution in [0.5, 0.6) is 0 Å². The minimum atomic E-state index is -5.31. The molecule has 0 amide bonds. The van der Waals surface area contributed by atoms with Crippen LogP contribution in [0.1, 0.15) is 0 Å². The maximum absolute atomic E-state index is 13.1. The van der Waals surface area contributed by atoms with Crippen molar-refractivity contribution < 1.29 is 47.4 Å². The molecule has 0 atom stereocenters. The second-order valence-corrected chi connectivity index (χ2v) is 15.9. The zero-order chi connectivity index (χ0) is 25.1. The van der Waals surface area contributed by atoms with Crippen LogP contribution in [0.3, 0.4) is 0 Å². The van der Waals surface area contributed by atoms with E-state index in [1.807, 2.05) is 0 Å². The van der Waals surface area contributed by atoms with E-state index in [9.17, 15) is 38.4 Å². The summed E-state index contributed by atoms with van der Waals surface area (Å²) in [5.74, 6) is -2.37. The summed E-state index contributed by atoms with van der Waals surface area (Å²) in [5, 5.41) is 0. The zero-order valence-electron chi connectivity index (χ0n) is 16.5. The third-order valence-corrected chi connectivity index (χ3v) is 15.5. The molecule has 9 nitrogen and oxygen atoms in total. The molecule has 0 heterocycles. The van der Waals surface area contributed by atoms with Gasteiger partial charge in [-0.1, -0.05) is 0 Å². The average molecular weight is 595 g/mol. The van der Waals surface area contributed by atoms with Gasteiger partial charge in [-0.15, -0.1) is 0 Å². The molecule has 3 aromatic carbocycles. The summed E-state index contributed by atoms with van der Waals surface area (Å²) in [6.07, 6.45) is 0. The second-order valence-electron chi connectivity index (χ2n) is 6.30. The first kappa shape index (κ1) is 26.4. The fraction of sp³-hybridized carbons (Fsp3) is 0. The van der Waals surface area contributed by atoms with Gasteiger partial charge in [0.15, 0.2) is 0 Å². The summed E-state index contributed by atoms with van der Waals surface area (Å²) in [5.41, 5.74) is 0. The third kappa shape index (κ3) is 6.69. The van der Waals surface area contributed by atoms with Crippen LogP contribution in [0.25, 0.3) is 0 Å². The van der Waals surface area contributed by atoms with Gasteiger partial charge in [0.2, 0.25) is 0 Å². The Morgan fingerprint density at radius 2 is 0.647 bits per heavy atom. The van der Waals surface area contributed by atoms with Crippen molar-refractivity contribution in [2.24, 2.45) is 0 Å². The van der Waals surface area contributed by atoms with Crippen molar-refractivity contribution in [3.05, 3.63) is 90.2 Å². The second kappa shape index (κ2) is 10.2. The Labute approximate surface area is 199 Å². The number of benzene rings is 3. The van der Waals surface area contributed by atoms with Crippen molar-refractivity contribution in [1.29, 1.82) is 0 Å². The summed E-state index contributed by atoms with van der Waals surface area (Å²) in [7, 11) is -14.6. The van der Waals surface area contributed by atoms with E-state index >= 15 is 0 Å². The van der Waals surface area contributed by atoms with E-state index in [-0.39, 0.29) is 0 Å². The summed E-state index contributed by atoms with van der Waals surface area (Å²) in [6.45, 7) is 0. The molecule has 0 aliphatic heterocycles. The van der Waals surface area contributed by atoms with Gasteiger partial charge in [-0.2, -0.15) is 0 Å². The number of halogens is 3. The standard InChI is InChI=1S/3C6H5FO3S.Ga/c3*7-5-1-3-6(4-2-5)11(8,9)10;/h3*1-4H,(H,8,9,10);/q;;;+3/p-3. The van der Waals surface area contributed by atoms with Gasteiger partial charge in [0.05, 0.1) is 0 Å². The summed E-state index contributed by atoms with van der Waals surface area (Å²) in [4.78, 5) is -1.93. The van der Waals surface area contributed by atoms with Crippen molar-refractivity contribution in [3.8, 4) is 0 Å². The molecule has 0 fully saturated rings. The first-order chi connectivity index (χ1) is 15.8. The zero-order valence-corrected chi connectivity index (χ0v) is 21.4. The minimum absolute atomic E-state index is 0.643. The van der Waals surface area contributed by atoms with E-state index in [0.717, 1.165) is 72.8 Å². The molecule has 0 N–H and O–H groups in total. The number of rotatable bonds is 9. The summed E-state index contributed by atoms with van der Waals surface area (Å²) < 4.78 is 129. The molecule has 0 unspecified atom stereocenters. The molecule has 0 radical (unpaired) electrons. The van der Waals surface area contributed by atoms with Crippen molar-refractivity contribution >= 4 is 47.7 Å². The monoisotopic (exact) mass is 594 g/mol. The van der Waals surface area contributed by atoms with Crippen LogP contribution in [-0.2, 0) is 39.3 Å². The van der Waals surface area contributed by atoms with Crippen molar-refractivity contribution in [3.63, 3.8) is 0 Å². The Bertz CT molecular complexity index is 1290. The van der Waals surface area contributed by atoms with Crippen molar-refractivity contribution in [2.75, 3.05) is 0 Å². The van der Waals surface area contributed by atoms with Crippen LogP contribution in [0.2, 0.25) is 0 Å². The van der Waals surface area contributed by atoms with Crippen LogP contribution in [-0.4, -0.2) is 42.6 Å². The molecule has 34 heavy (non-hydrogen) atoms. The molecule has 0 saturated carbocycles. The van der Waals surface area contributed by atoms with Gasteiger partial charge in [-0.3, -0.25) is 0 Å².